The number of rotatable bonds is 8. The zero-order valence-corrected chi connectivity index (χ0v) is 15.7. The van der Waals surface area contributed by atoms with Crippen LogP contribution < -0.4 is 21.5 Å². The second-order valence-corrected chi connectivity index (χ2v) is 9.01. The fourth-order valence-electron chi connectivity index (χ4n) is 3.32. The molecule has 148 valence electrons. The van der Waals surface area contributed by atoms with E-state index in [0.717, 1.165) is 31.9 Å². The lowest BCUT2D eigenvalue weighted by molar-refractivity contribution is -0.131. The second kappa shape index (κ2) is 8.21. The van der Waals surface area contributed by atoms with Crippen molar-refractivity contribution >= 4 is 27.8 Å². The SMILES string of the molecule is CS(=O)(=O)NC(C(=O)NC1CC1)C(CC1CCCN(C(=N)N)C1)C(N)=O. The summed E-state index contributed by atoms with van der Waals surface area (Å²) >= 11 is 0. The van der Waals surface area contributed by atoms with Crippen molar-refractivity contribution < 1.29 is 18.0 Å². The largest absolute Gasteiger partial charge is 0.370 e. The minimum Gasteiger partial charge on any atom is -0.370 e. The molecule has 2 amide bonds. The number of carbonyl (C=O) groups is 2. The van der Waals surface area contributed by atoms with Gasteiger partial charge in [0.2, 0.25) is 21.8 Å². The van der Waals surface area contributed by atoms with Crippen LogP contribution in [0.4, 0.5) is 0 Å². The first-order chi connectivity index (χ1) is 12.1. The molecule has 0 bridgehead atoms. The first kappa shape index (κ1) is 20.4. The molecule has 2 fully saturated rings. The van der Waals surface area contributed by atoms with Gasteiger partial charge in [-0.2, -0.15) is 0 Å². The predicted molar refractivity (Wildman–Crippen MR) is 96.4 cm³/mol. The maximum absolute atomic E-state index is 12.5. The molecule has 7 N–H and O–H groups in total. The molecule has 0 spiro atoms. The van der Waals surface area contributed by atoms with Gasteiger partial charge in [0.25, 0.3) is 0 Å². The molecule has 26 heavy (non-hydrogen) atoms. The smallest absolute Gasteiger partial charge is 0.239 e. The minimum absolute atomic E-state index is 0.0114. The molecule has 0 aromatic rings. The van der Waals surface area contributed by atoms with Gasteiger partial charge in [0, 0.05) is 19.1 Å². The Bertz CT molecular complexity index is 663. The van der Waals surface area contributed by atoms with E-state index in [2.05, 4.69) is 10.0 Å². The molecule has 1 aliphatic heterocycles. The fraction of sp³-hybridized carbons (Fsp3) is 0.800. The molecule has 2 aliphatic rings. The van der Waals surface area contributed by atoms with Crippen LogP contribution in [0.1, 0.15) is 32.1 Å². The highest BCUT2D eigenvalue weighted by Crippen LogP contribution is 2.26. The summed E-state index contributed by atoms with van der Waals surface area (Å²) in [5.41, 5.74) is 11.1. The molecule has 11 heteroatoms. The Hall–Kier alpha value is -1.88. The van der Waals surface area contributed by atoms with E-state index >= 15 is 0 Å². The monoisotopic (exact) mass is 388 g/mol. The molecule has 1 saturated carbocycles. The van der Waals surface area contributed by atoms with Gasteiger partial charge in [-0.25, -0.2) is 13.1 Å². The average molecular weight is 388 g/mol. The van der Waals surface area contributed by atoms with Crippen molar-refractivity contribution in [3.05, 3.63) is 0 Å². The maximum Gasteiger partial charge on any atom is 0.239 e. The van der Waals surface area contributed by atoms with Gasteiger partial charge in [-0.1, -0.05) is 0 Å². The Morgan fingerprint density at radius 1 is 1.27 bits per heavy atom. The highest BCUT2D eigenvalue weighted by Gasteiger charge is 2.39. The summed E-state index contributed by atoms with van der Waals surface area (Å²) in [4.78, 5) is 26.3. The summed E-state index contributed by atoms with van der Waals surface area (Å²) in [7, 11) is -3.71. The summed E-state index contributed by atoms with van der Waals surface area (Å²) in [6.45, 7) is 1.15. The van der Waals surface area contributed by atoms with Crippen molar-refractivity contribution in [2.75, 3.05) is 19.3 Å². The molecule has 1 heterocycles. The first-order valence-corrected chi connectivity index (χ1v) is 10.6. The normalized spacial score (nSPS) is 23.1. The topological polar surface area (TPSA) is 171 Å². The van der Waals surface area contributed by atoms with Crippen LogP contribution in [-0.4, -0.2) is 62.5 Å². The van der Waals surface area contributed by atoms with Gasteiger partial charge in [0.1, 0.15) is 6.04 Å². The van der Waals surface area contributed by atoms with Gasteiger partial charge in [-0.05, 0) is 38.0 Å². The number of amides is 2. The summed E-state index contributed by atoms with van der Waals surface area (Å²) in [6, 6.07) is -1.21. The molecule has 1 saturated heterocycles. The molecular weight excluding hydrogens is 360 g/mol. The minimum atomic E-state index is -3.71. The Labute approximate surface area is 153 Å². The number of piperidine rings is 1. The Morgan fingerprint density at radius 2 is 1.92 bits per heavy atom. The van der Waals surface area contributed by atoms with Crippen molar-refractivity contribution in [3.63, 3.8) is 0 Å². The van der Waals surface area contributed by atoms with E-state index in [0.29, 0.717) is 13.1 Å². The van der Waals surface area contributed by atoms with E-state index in [-0.39, 0.29) is 24.3 Å². The van der Waals surface area contributed by atoms with E-state index in [1.165, 1.54) is 0 Å². The van der Waals surface area contributed by atoms with Crippen molar-refractivity contribution in [2.45, 2.75) is 44.2 Å². The third kappa shape index (κ3) is 6.13. The third-order valence-corrected chi connectivity index (χ3v) is 5.44. The lowest BCUT2D eigenvalue weighted by Gasteiger charge is -2.35. The van der Waals surface area contributed by atoms with Gasteiger partial charge < -0.3 is 21.7 Å². The lowest BCUT2D eigenvalue weighted by atomic mass is 9.84. The van der Waals surface area contributed by atoms with Crippen LogP contribution in [0, 0.1) is 17.2 Å². The van der Waals surface area contributed by atoms with Crippen LogP contribution in [0.5, 0.6) is 0 Å². The Morgan fingerprint density at radius 3 is 2.42 bits per heavy atom. The second-order valence-electron chi connectivity index (χ2n) is 7.23. The third-order valence-electron chi connectivity index (χ3n) is 4.76. The van der Waals surface area contributed by atoms with Crippen LogP contribution in [0.15, 0.2) is 0 Å². The molecule has 0 radical (unpaired) electrons. The van der Waals surface area contributed by atoms with Gasteiger partial charge in [-0.15, -0.1) is 0 Å². The van der Waals surface area contributed by atoms with E-state index in [1.807, 2.05) is 0 Å². The molecule has 0 aromatic heterocycles. The Balaban J connectivity index is 2.14. The molecule has 3 atom stereocenters. The predicted octanol–water partition coefficient (Wildman–Crippen LogP) is -1.72. The summed E-state index contributed by atoms with van der Waals surface area (Å²) < 4.78 is 25.7. The van der Waals surface area contributed by atoms with Crippen molar-refractivity contribution in [3.8, 4) is 0 Å². The summed E-state index contributed by atoms with van der Waals surface area (Å²) in [5.74, 6) is -2.27. The fourth-order valence-corrected chi connectivity index (χ4v) is 4.05. The number of carbonyl (C=O) groups excluding carboxylic acids is 2. The van der Waals surface area contributed by atoms with E-state index in [4.69, 9.17) is 16.9 Å². The van der Waals surface area contributed by atoms with Crippen LogP contribution in [0.3, 0.4) is 0 Å². The van der Waals surface area contributed by atoms with E-state index < -0.39 is 33.8 Å². The van der Waals surface area contributed by atoms with Gasteiger partial charge in [0.05, 0.1) is 12.2 Å². The number of hydrogen-bond donors (Lipinski definition) is 5. The summed E-state index contributed by atoms with van der Waals surface area (Å²) in [5, 5.41) is 10.3. The number of primary amides is 1. The quantitative estimate of drug-likeness (QED) is 0.244. The van der Waals surface area contributed by atoms with Crippen molar-refractivity contribution in [1.29, 1.82) is 5.41 Å². The molecule has 0 aromatic carbocycles. The van der Waals surface area contributed by atoms with Crippen molar-refractivity contribution in [1.82, 2.24) is 14.9 Å². The average Bonchev–Trinajstić information content (AvgIpc) is 3.33. The number of nitrogens with zero attached hydrogens (tertiary/aromatic N) is 1. The number of likely N-dealkylation sites (tertiary alicyclic amines) is 1. The molecular formula is C15H28N6O4S. The number of nitrogens with two attached hydrogens (primary N) is 2. The zero-order chi connectivity index (χ0) is 19.5. The number of hydrogen-bond acceptors (Lipinski definition) is 5. The highest BCUT2D eigenvalue weighted by molar-refractivity contribution is 7.88. The van der Waals surface area contributed by atoms with Gasteiger partial charge in [0.15, 0.2) is 5.96 Å². The lowest BCUT2D eigenvalue weighted by Crippen LogP contribution is -2.55. The number of sulfonamides is 1. The number of guanidine groups is 1. The molecule has 2 rings (SSSR count). The van der Waals surface area contributed by atoms with E-state index in [1.54, 1.807) is 4.90 Å². The first-order valence-electron chi connectivity index (χ1n) is 8.72. The maximum atomic E-state index is 12.5. The van der Waals surface area contributed by atoms with Crippen LogP contribution in [-0.2, 0) is 19.6 Å². The Kier molecular flexibility index (Phi) is 6.45. The van der Waals surface area contributed by atoms with Crippen molar-refractivity contribution in [2.24, 2.45) is 23.3 Å². The van der Waals surface area contributed by atoms with Crippen LogP contribution in [0.2, 0.25) is 0 Å². The molecule has 10 nitrogen and oxygen atoms in total. The number of nitrogens with one attached hydrogen (secondary N) is 3. The standard InChI is InChI=1S/C15H28N6O4S/c1-26(24,25)20-12(14(23)19-10-4-5-10)11(13(16)22)7-9-3-2-6-21(8-9)15(17)18/h9-12,20H,2-8H2,1H3,(H2,16,22)(H3,17,18)(H,19,23). The highest BCUT2D eigenvalue weighted by atomic mass is 32.2. The van der Waals surface area contributed by atoms with Crippen LogP contribution in [0.25, 0.3) is 0 Å². The van der Waals surface area contributed by atoms with Gasteiger partial charge in [-0.3, -0.25) is 15.0 Å². The molecule has 3 unspecified atom stereocenters. The van der Waals surface area contributed by atoms with Gasteiger partial charge >= 0.3 is 0 Å². The van der Waals surface area contributed by atoms with Crippen LogP contribution >= 0.6 is 0 Å². The van der Waals surface area contributed by atoms with E-state index in [9.17, 15) is 18.0 Å². The summed E-state index contributed by atoms with van der Waals surface area (Å²) in [6.07, 6.45) is 4.48. The zero-order valence-electron chi connectivity index (χ0n) is 14.9. The molecule has 1 aliphatic carbocycles.